The average molecular weight is 669 g/mol. The lowest BCUT2D eigenvalue weighted by molar-refractivity contribution is -0.313. The number of benzene rings is 2. The third-order valence-electron chi connectivity index (χ3n) is 7.84. The van der Waals surface area contributed by atoms with Gasteiger partial charge in [-0.1, -0.05) is 0 Å². The number of aliphatic hydroxyl groups excluding tert-OH is 6. The van der Waals surface area contributed by atoms with Crippen LogP contribution in [0.3, 0.4) is 0 Å². The number of phenolic OH excluding ortho intramolecular Hbond substituents is 4. The molecule has 5 rings (SSSR count). The fraction of sp³-hybridized carbons (Fsp3) is 0.448. The van der Waals surface area contributed by atoms with E-state index in [-0.39, 0.29) is 11.1 Å². The minimum absolute atomic E-state index is 0.0645. The maximum absolute atomic E-state index is 13.7. The van der Waals surface area contributed by atoms with Crippen LogP contribution in [0.2, 0.25) is 0 Å². The molecule has 2 fully saturated rings. The van der Waals surface area contributed by atoms with Crippen LogP contribution in [-0.2, 0) is 23.7 Å². The summed E-state index contributed by atoms with van der Waals surface area (Å²) in [4.78, 5) is 26.0. The number of carbonyl (C=O) groups excluding carboxylic acids is 1. The highest BCUT2D eigenvalue weighted by atomic mass is 16.7. The Morgan fingerprint density at radius 1 is 0.809 bits per heavy atom. The number of rotatable bonds is 8. The number of aliphatic hydroxyl groups is 6. The molecule has 0 bridgehead atoms. The third kappa shape index (κ3) is 6.38. The Kier molecular flexibility index (Phi) is 9.78. The molecule has 1 aromatic heterocycles. The SMILES string of the molecule is COC(=O)C1C(OCC2OC(Oc3c(-c4ccc(O)c(O)c4)oc4cc(O)cc(O)c4c3=O)C(O)C(O)C2O)OC(CO)C(O)C1O. The van der Waals surface area contributed by atoms with Gasteiger partial charge in [0.15, 0.2) is 23.5 Å². The number of methoxy groups -OCH3 is 1. The summed E-state index contributed by atoms with van der Waals surface area (Å²) < 4.78 is 32.7. The molecule has 2 saturated heterocycles. The van der Waals surface area contributed by atoms with Crippen LogP contribution >= 0.6 is 0 Å². The van der Waals surface area contributed by atoms with Crippen LogP contribution in [0.1, 0.15) is 0 Å². The van der Waals surface area contributed by atoms with E-state index in [1.807, 2.05) is 0 Å². The minimum atomic E-state index is -2.03. The normalized spacial score (nSPS) is 31.0. The number of ether oxygens (including phenoxy) is 5. The molecule has 0 radical (unpaired) electrons. The largest absolute Gasteiger partial charge is 0.508 e. The van der Waals surface area contributed by atoms with Gasteiger partial charge in [0.2, 0.25) is 17.5 Å². The molecule has 2 aliphatic heterocycles. The first kappa shape index (κ1) is 34.1. The molecule has 0 saturated carbocycles. The van der Waals surface area contributed by atoms with E-state index in [1.165, 1.54) is 6.07 Å². The molecular formula is C29H32O18. The fourth-order valence-corrected chi connectivity index (χ4v) is 5.30. The van der Waals surface area contributed by atoms with Gasteiger partial charge in [-0.2, -0.15) is 0 Å². The lowest BCUT2D eigenvalue weighted by Crippen LogP contribution is -2.62. The molecule has 256 valence electrons. The zero-order chi connectivity index (χ0) is 34.3. The number of hydrogen-bond donors (Lipinski definition) is 10. The van der Waals surface area contributed by atoms with E-state index in [0.717, 1.165) is 31.4 Å². The average Bonchev–Trinajstić information content (AvgIpc) is 3.03. The second-order valence-corrected chi connectivity index (χ2v) is 10.9. The van der Waals surface area contributed by atoms with Gasteiger partial charge in [-0.15, -0.1) is 0 Å². The van der Waals surface area contributed by atoms with Crippen LogP contribution in [0.5, 0.6) is 28.7 Å². The van der Waals surface area contributed by atoms with Crippen molar-refractivity contribution in [1.29, 1.82) is 0 Å². The van der Waals surface area contributed by atoms with Gasteiger partial charge in [0, 0.05) is 17.7 Å². The predicted molar refractivity (Wildman–Crippen MR) is 151 cm³/mol. The molecule has 3 aromatic rings. The number of hydrogen-bond acceptors (Lipinski definition) is 18. The quantitative estimate of drug-likeness (QED) is 0.0892. The van der Waals surface area contributed by atoms with Crippen LogP contribution in [0.15, 0.2) is 39.5 Å². The molecule has 3 heterocycles. The topological polar surface area (TPSA) is 296 Å². The number of esters is 1. The van der Waals surface area contributed by atoms with E-state index in [2.05, 4.69) is 4.74 Å². The summed E-state index contributed by atoms with van der Waals surface area (Å²) in [5.74, 6) is -6.19. The smallest absolute Gasteiger partial charge is 0.316 e. The van der Waals surface area contributed by atoms with Crippen molar-refractivity contribution in [2.45, 2.75) is 55.3 Å². The Labute approximate surface area is 263 Å². The van der Waals surface area contributed by atoms with Crippen molar-refractivity contribution in [1.82, 2.24) is 0 Å². The summed E-state index contributed by atoms with van der Waals surface area (Å²) in [7, 11) is 1.00. The van der Waals surface area contributed by atoms with E-state index in [1.54, 1.807) is 0 Å². The highest BCUT2D eigenvalue weighted by Crippen LogP contribution is 2.39. The van der Waals surface area contributed by atoms with Gasteiger partial charge >= 0.3 is 5.97 Å². The Bertz CT molecular complexity index is 1670. The first-order chi connectivity index (χ1) is 22.3. The predicted octanol–water partition coefficient (Wildman–Crippen LogP) is -2.29. The number of aromatic hydroxyl groups is 4. The zero-order valence-corrected chi connectivity index (χ0v) is 24.3. The summed E-state index contributed by atoms with van der Waals surface area (Å²) in [5, 5.41) is 102. The van der Waals surface area contributed by atoms with E-state index >= 15 is 0 Å². The summed E-state index contributed by atoms with van der Waals surface area (Å²) in [5.41, 5.74) is -1.45. The van der Waals surface area contributed by atoms with Crippen molar-refractivity contribution in [3.63, 3.8) is 0 Å². The van der Waals surface area contributed by atoms with Gasteiger partial charge in [-0.25, -0.2) is 0 Å². The van der Waals surface area contributed by atoms with Crippen LogP contribution in [-0.4, -0.2) is 133 Å². The number of fused-ring (bicyclic) bond motifs is 1. The van der Waals surface area contributed by atoms with Crippen LogP contribution in [0, 0.1) is 5.92 Å². The standard InChI is InChI=1S/C29H32O18/c1-42-27(41)18-21(37)19(35)15(7-30)45-28(18)43-8-16-20(36)23(39)24(40)29(46-16)47-26-22(38)17-13(34)5-10(31)6-14(17)44-25(26)9-2-3-11(32)12(33)4-9/h2-6,15-16,18-21,23-24,28-37,39-40H,7-8H2,1H3. The first-order valence-corrected chi connectivity index (χ1v) is 14.0. The third-order valence-corrected chi connectivity index (χ3v) is 7.84. The van der Waals surface area contributed by atoms with Gasteiger partial charge < -0.3 is 79.2 Å². The molecule has 2 aromatic carbocycles. The Balaban J connectivity index is 1.47. The monoisotopic (exact) mass is 668 g/mol. The Morgan fingerprint density at radius 3 is 2.15 bits per heavy atom. The summed E-state index contributed by atoms with van der Waals surface area (Å²) >= 11 is 0. The Morgan fingerprint density at radius 2 is 1.49 bits per heavy atom. The number of carbonyl (C=O) groups is 1. The number of phenols is 4. The van der Waals surface area contributed by atoms with Gasteiger partial charge in [0.25, 0.3) is 0 Å². The molecule has 0 spiro atoms. The molecule has 10 atom stereocenters. The molecule has 10 N–H and O–H groups in total. The van der Waals surface area contributed by atoms with Crippen molar-refractivity contribution in [2.75, 3.05) is 20.3 Å². The second-order valence-electron chi connectivity index (χ2n) is 10.9. The zero-order valence-electron chi connectivity index (χ0n) is 24.3. The van der Waals surface area contributed by atoms with Gasteiger partial charge in [0.1, 0.15) is 71.1 Å². The highest BCUT2D eigenvalue weighted by molar-refractivity contribution is 5.88. The molecule has 0 amide bonds. The lowest BCUT2D eigenvalue weighted by atomic mass is 9.91. The second kappa shape index (κ2) is 13.5. The van der Waals surface area contributed by atoms with E-state index in [9.17, 15) is 60.7 Å². The highest BCUT2D eigenvalue weighted by Gasteiger charge is 2.51. The molecule has 18 nitrogen and oxygen atoms in total. The van der Waals surface area contributed by atoms with Crippen molar-refractivity contribution < 1.29 is 84.0 Å². The summed E-state index contributed by atoms with van der Waals surface area (Å²) in [6.07, 6.45) is -16.0. The molecule has 18 heteroatoms. The van der Waals surface area contributed by atoms with Crippen LogP contribution in [0.4, 0.5) is 0 Å². The van der Waals surface area contributed by atoms with Crippen LogP contribution < -0.4 is 10.2 Å². The van der Waals surface area contributed by atoms with Gasteiger partial charge in [-0.05, 0) is 18.2 Å². The molecule has 0 aliphatic carbocycles. The summed E-state index contributed by atoms with van der Waals surface area (Å²) in [6, 6.07) is 5.13. The van der Waals surface area contributed by atoms with Crippen molar-refractivity contribution in [3.8, 4) is 40.1 Å². The van der Waals surface area contributed by atoms with Gasteiger partial charge in [-0.3, -0.25) is 9.59 Å². The van der Waals surface area contributed by atoms with Crippen molar-refractivity contribution in [2.24, 2.45) is 5.92 Å². The van der Waals surface area contributed by atoms with E-state index in [0.29, 0.717) is 0 Å². The van der Waals surface area contributed by atoms with Crippen molar-refractivity contribution >= 4 is 16.9 Å². The van der Waals surface area contributed by atoms with Crippen molar-refractivity contribution in [3.05, 3.63) is 40.6 Å². The maximum Gasteiger partial charge on any atom is 0.316 e. The van der Waals surface area contributed by atoms with E-state index < -0.39 is 126 Å². The van der Waals surface area contributed by atoms with Crippen LogP contribution in [0.25, 0.3) is 22.3 Å². The Hall–Kier alpha value is -4.24. The minimum Gasteiger partial charge on any atom is -0.508 e. The maximum atomic E-state index is 13.7. The first-order valence-electron chi connectivity index (χ1n) is 14.0. The van der Waals surface area contributed by atoms with Gasteiger partial charge in [0.05, 0.1) is 20.3 Å². The van der Waals surface area contributed by atoms with E-state index in [4.69, 9.17) is 23.4 Å². The summed E-state index contributed by atoms with van der Waals surface area (Å²) in [6.45, 7) is -1.50. The fourth-order valence-electron chi connectivity index (χ4n) is 5.30. The molecular weight excluding hydrogens is 636 g/mol. The lowest BCUT2D eigenvalue weighted by Gasteiger charge is -2.43. The molecule has 47 heavy (non-hydrogen) atoms. The molecule has 10 unspecified atom stereocenters. The molecule has 2 aliphatic rings.